The molecule has 0 saturated carbocycles. The Morgan fingerprint density at radius 3 is 2.32 bits per heavy atom. The van der Waals surface area contributed by atoms with Gasteiger partial charge in [-0.1, -0.05) is 18.2 Å². The van der Waals surface area contributed by atoms with E-state index >= 15 is 0 Å². The monoisotopic (exact) mass is 610 g/mol. The largest absolute Gasteiger partial charge is 0.436 e. The Morgan fingerprint density at radius 1 is 0.977 bits per heavy atom. The summed E-state index contributed by atoms with van der Waals surface area (Å²) in [5, 5.41) is 7.64. The number of anilines is 2. The van der Waals surface area contributed by atoms with Crippen LogP contribution in [0.1, 0.15) is 36.4 Å². The van der Waals surface area contributed by atoms with Crippen molar-refractivity contribution in [3.05, 3.63) is 89.3 Å². The summed E-state index contributed by atoms with van der Waals surface area (Å²) in [6.07, 6.45) is 6.87. The molecule has 1 fully saturated rings. The van der Waals surface area contributed by atoms with Gasteiger partial charge in [0.05, 0.1) is 24.5 Å². The molecule has 2 aromatic heterocycles. The number of urea groups is 1. The number of nitrogens with one attached hydrogen (secondary N) is 2. The maximum absolute atomic E-state index is 13.1. The SMILES string of the molecule is CC(=O)[N+]1(C(=O)Nc2ccc(-c3cnc(-c4ccc(NC(=O)[C@@H]5C=CCN5C(=O)c5cccs5)cc4)o3)cc2)CCC[C@H]1C. The van der Waals surface area contributed by atoms with E-state index < -0.39 is 6.04 Å². The van der Waals surface area contributed by atoms with Crippen molar-refractivity contribution >= 4 is 46.5 Å². The van der Waals surface area contributed by atoms with Gasteiger partial charge in [-0.15, -0.1) is 11.3 Å². The van der Waals surface area contributed by atoms with E-state index in [-0.39, 0.29) is 34.3 Å². The highest BCUT2D eigenvalue weighted by atomic mass is 32.1. The summed E-state index contributed by atoms with van der Waals surface area (Å²) in [6, 6.07) is 16.9. The maximum atomic E-state index is 13.1. The van der Waals surface area contributed by atoms with Crippen molar-refractivity contribution in [1.82, 2.24) is 9.88 Å². The normalized spacial score (nSPS) is 20.9. The summed E-state index contributed by atoms with van der Waals surface area (Å²) in [5.74, 6) is 0.367. The number of amides is 5. The number of quaternary nitrogens is 1. The van der Waals surface area contributed by atoms with Gasteiger partial charge in [0.15, 0.2) is 5.76 Å². The Balaban J connectivity index is 1.08. The van der Waals surface area contributed by atoms with E-state index in [0.29, 0.717) is 41.0 Å². The predicted molar refractivity (Wildman–Crippen MR) is 168 cm³/mol. The third kappa shape index (κ3) is 5.47. The predicted octanol–water partition coefficient (Wildman–Crippen LogP) is 6.17. The molecule has 5 amide bonds. The van der Waals surface area contributed by atoms with Crippen LogP contribution in [0.15, 0.2) is 88.8 Å². The second-order valence-corrected chi connectivity index (χ2v) is 12.0. The molecule has 2 aliphatic rings. The quantitative estimate of drug-likeness (QED) is 0.199. The van der Waals surface area contributed by atoms with E-state index in [1.54, 1.807) is 59.6 Å². The molecular weight excluding hydrogens is 578 g/mol. The zero-order chi connectivity index (χ0) is 30.8. The minimum Gasteiger partial charge on any atom is -0.436 e. The van der Waals surface area contributed by atoms with Crippen molar-refractivity contribution in [2.24, 2.45) is 0 Å². The van der Waals surface area contributed by atoms with E-state index in [4.69, 9.17) is 4.42 Å². The highest BCUT2D eigenvalue weighted by Gasteiger charge is 2.50. The van der Waals surface area contributed by atoms with Gasteiger partial charge in [0.1, 0.15) is 12.1 Å². The first-order valence-electron chi connectivity index (χ1n) is 14.5. The lowest BCUT2D eigenvalue weighted by atomic mass is 10.1. The average molecular weight is 611 g/mol. The number of hydrogen-bond donors (Lipinski definition) is 2. The number of hydrogen-bond acceptors (Lipinski definition) is 7. The first kappa shape index (κ1) is 29.2. The topological polar surface area (TPSA) is 122 Å². The molecule has 0 spiro atoms. The maximum Gasteiger partial charge on any atom is 0.428 e. The molecule has 0 aliphatic carbocycles. The number of carbonyl (C=O) groups excluding carboxylic acids is 4. The average Bonchev–Trinajstić information content (AvgIpc) is 3.84. The fourth-order valence-corrected chi connectivity index (χ4v) is 6.56. The molecule has 10 nitrogen and oxygen atoms in total. The van der Waals surface area contributed by atoms with Gasteiger partial charge < -0.3 is 14.6 Å². The Labute approximate surface area is 258 Å². The van der Waals surface area contributed by atoms with E-state index in [0.717, 1.165) is 24.0 Å². The molecule has 2 aliphatic heterocycles. The molecule has 6 rings (SSSR count). The van der Waals surface area contributed by atoms with Crippen LogP contribution in [0.2, 0.25) is 0 Å². The number of aromatic nitrogens is 1. The molecule has 4 aromatic rings. The lowest BCUT2D eigenvalue weighted by molar-refractivity contribution is -0.781. The summed E-state index contributed by atoms with van der Waals surface area (Å²) in [4.78, 5) is 57.9. The Hall–Kier alpha value is -4.87. The third-order valence-corrected chi connectivity index (χ3v) is 9.21. The van der Waals surface area contributed by atoms with Crippen LogP contribution in [0, 0.1) is 0 Å². The van der Waals surface area contributed by atoms with Crippen LogP contribution in [-0.2, 0) is 9.59 Å². The van der Waals surface area contributed by atoms with E-state index in [2.05, 4.69) is 15.6 Å². The summed E-state index contributed by atoms with van der Waals surface area (Å²) in [6.45, 7) is 4.33. The number of oxazole rings is 1. The summed E-state index contributed by atoms with van der Waals surface area (Å²) < 4.78 is 5.83. The third-order valence-electron chi connectivity index (χ3n) is 8.35. The highest BCUT2D eigenvalue weighted by Crippen LogP contribution is 2.31. The molecule has 11 heteroatoms. The Bertz CT molecular complexity index is 1730. The smallest absolute Gasteiger partial charge is 0.428 e. The Morgan fingerprint density at radius 2 is 1.68 bits per heavy atom. The second kappa shape index (κ2) is 12.0. The van der Waals surface area contributed by atoms with Crippen LogP contribution in [-0.4, -0.2) is 63.3 Å². The molecule has 44 heavy (non-hydrogen) atoms. The fraction of sp³-hybridized carbons (Fsp3) is 0.242. The fourth-order valence-electron chi connectivity index (χ4n) is 5.88. The minimum atomic E-state index is -0.682. The van der Waals surface area contributed by atoms with Crippen molar-refractivity contribution in [1.29, 1.82) is 0 Å². The van der Waals surface area contributed by atoms with Crippen LogP contribution >= 0.6 is 11.3 Å². The van der Waals surface area contributed by atoms with Gasteiger partial charge in [0.2, 0.25) is 5.89 Å². The van der Waals surface area contributed by atoms with Crippen molar-refractivity contribution in [3.63, 3.8) is 0 Å². The number of nitrogens with zero attached hydrogens (tertiary/aromatic N) is 3. The van der Waals surface area contributed by atoms with Crippen LogP contribution in [0.4, 0.5) is 16.2 Å². The number of thiophene rings is 1. The molecule has 2 aromatic carbocycles. The molecule has 224 valence electrons. The minimum absolute atomic E-state index is 0.0493. The van der Waals surface area contributed by atoms with Gasteiger partial charge in [-0.2, -0.15) is 4.48 Å². The van der Waals surface area contributed by atoms with Gasteiger partial charge >= 0.3 is 11.9 Å². The van der Waals surface area contributed by atoms with Gasteiger partial charge in [-0.3, -0.25) is 14.9 Å². The lowest BCUT2D eigenvalue weighted by Gasteiger charge is -2.31. The second-order valence-electron chi connectivity index (χ2n) is 11.0. The molecule has 4 heterocycles. The van der Waals surface area contributed by atoms with Crippen molar-refractivity contribution in [2.75, 3.05) is 23.7 Å². The Kier molecular flexibility index (Phi) is 7.98. The summed E-state index contributed by atoms with van der Waals surface area (Å²) in [7, 11) is 0. The van der Waals surface area contributed by atoms with Gasteiger partial charge in [0.25, 0.3) is 11.8 Å². The molecule has 1 saturated heterocycles. The molecular formula is C33H32N5O5S+. The summed E-state index contributed by atoms with van der Waals surface area (Å²) in [5.41, 5.74) is 2.69. The molecule has 1 unspecified atom stereocenters. The number of likely N-dealkylation sites (tertiary alicyclic amines) is 1. The van der Waals surface area contributed by atoms with Gasteiger partial charge in [-0.05, 0) is 66.9 Å². The van der Waals surface area contributed by atoms with Crippen molar-refractivity contribution in [3.8, 4) is 22.8 Å². The van der Waals surface area contributed by atoms with Gasteiger partial charge in [0, 0.05) is 41.9 Å². The first-order valence-corrected chi connectivity index (χ1v) is 15.3. The standard InChI is InChI=1S/C33H31N5O5S/c1-21-6-4-18-38(21,22(2)39)33(42)36-26-13-9-23(10-14-26)28-20-34-31(43-28)24-11-15-25(16-12-24)35-30(40)27-7-3-17-37(27)32(41)29-8-5-19-44-29/h3,5,7-16,19-21,27H,4,6,17-18H2,1-2H3,(H-,34,35,36,40,42)/p+1/t21-,27+,38?/m1/s1. The van der Waals surface area contributed by atoms with Gasteiger partial charge in [-0.25, -0.2) is 14.6 Å². The molecule has 0 radical (unpaired) electrons. The first-order chi connectivity index (χ1) is 21.3. The van der Waals surface area contributed by atoms with Crippen molar-refractivity contribution in [2.45, 2.75) is 38.8 Å². The molecule has 3 atom stereocenters. The highest BCUT2D eigenvalue weighted by molar-refractivity contribution is 7.12. The lowest BCUT2D eigenvalue weighted by Crippen LogP contribution is -2.59. The van der Waals surface area contributed by atoms with Crippen LogP contribution in [0.5, 0.6) is 0 Å². The van der Waals surface area contributed by atoms with Crippen LogP contribution in [0.25, 0.3) is 22.8 Å². The number of benzene rings is 2. The number of imide groups is 1. The van der Waals surface area contributed by atoms with Crippen LogP contribution < -0.4 is 10.6 Å². The van der Waals surface area contributed by atoms with E-state index in [9.17, 15) is 19.2 Å². The summed E-state index contributed by atoms with van der Waals surface area (Å²) >= 11 is 1.35. The number of carbonyl (C=O) groups is 4. The number of rotatable bonds is 6. The zero-order valence-corrected chi connectivity index (χ0v) is 25.2. The van der Waals surface area contributed by atoms with Crippen molar-refractivity contribution < 1.29 is 28.1 Å². The molecule has 2 N–H and O–H groups in total. The zero-order valence-electron chi connectivity index (χ0n) is 24.4. The molecule has 0 bridgehead atoms. The van der Waals surface area contributed by atoms with E-state index in [1.165, 1.54) is 18.3 Å². The van der Waals surface area contributed by atoms with E-state index in [1.807, 2.05) is 36.6 Å². The van der Waals surface area contributed by atoms with Crippen LogP contribution in [0.3, 0.4) is 0 Å².